The number of benzene rings is 2. The van der Waals surface area contributed by atoms with E-state index in [-0.39, 0.29) is 5.91 Å². The first-order chi connectivity index (χ1) is 14.0. The van der Waals surface area contributed by atoms with Crippen LogP contribution in [0.15, 0.2) is 47.5 Å². The lowest BCUT2D eigenvalue weighted by molar-refractivity contribution is 0.0994. The predicted molar refractivity (Wildman–Crippen MR) is 115 cm³/mol. The largest absolute Gasteiger partial charge is 0.493 e. The fourth-order valence-corrected chi connectivity index (χ4v) is 2.78. The predicted octanol–water partition coefficient (Wildman–Crippen LogP) is 4.11. The third-order valence-corrected chi connectivity index (χ3v) is 4.41. The Morgan fingerprint density at radius 2 is 1.83 bits per heavy atom. The van der Waals surface area contributed by atoms with Crippen molar-refractivity contribution in [3.63, 3.8) is 0 Å². The van der Waals surface area contributed by atoms with E-state index in [4.69, 9.17) is 14.2 Å². The molecule has 29 heavy (non-hydrogen) atoms. The lowest BCUT2D eigenvalue weighted by atomic mass is 10.1. The van der Waals surface area contributed by atoms with Crippen LogP contribution in [0.5, 0.6) is 11.5 Å². The van der Waals surface area contributed by atoms with Gasteiger partial charge in [-0.2, -0.15) is 4.99 Å². The van der Waals surface area contributed by atoms with Gasteiger partial charge in [-0.3, -0.25) is 4.79 Å². The second-order valence-electron chi connectivity index (χ2n) is 6.78. The minimum Gasteiger partial charge on any atom is -0.493 e. The molecule has 0 saturated heterocycles. The Bertz CT molecular complexity index is 849. The van der Waals surface area contributed by atoms with Gasteiger partial charge in [0.25, 0.3) is 11.9 Å². The Balaban J connectivity index is 2.12. The maximum absolute atomic E-state index is 12.6. The number of ether oxygens (including phenoxy) is 3. The summed E-state index contributed by atoms with van der Waals surface area (Å²) in [7, 11) is 5.11. The molecule has 1 amide bonds. The molecule has 0 aromatic heterocycles. The summed E-state index contributed by atoms with van der Waals surface area (Å²) in [5.41, 5.74) is 2.66. The van der Waals surface area contributed by atoms with Crippen molar-refractivity contribution in [1.82, 2.24) is 4.90 Å². The Kier molecular flexibility index (Phi) is 8.52. The van der Waals surface area contributed by atoms with E-state index in [0.29, 0.717) is 36.2 Å². The van der Waals surface area contributed by atoms with Crippen LogP contribution in [0.1, 0.15) is 34.8 Å². The van der Waals surface area contributed by atoms with Gasteiger partial charge in [-0.15, -0.1) is 0 Å². The lowest BCUT2D eigenvalue weighted by Gasteiger charge is -2.21. The highest BCUT2D eigenvalue weighted by Crippen LogP contribution is 2.27. The van der Waals surface area contributed by atoms with Crippen LogP contribution in [0, 0.1) is 6.92 Å². The molecule has 0 unspecified atom stereocenters. The quantitative estimate of drug-likeness (QED) is 0.495. The molecule has 156 valence electrons. The zero-order valence-electron chi connectivity index (χ0n) is 17.9. The van der Waals surface area contributed by atoms with E-state index >= 15 is 0 Å². The van der Waals surface area contributed by atoms with Crippen LogP contribution in [0.4, 0.5) is 0 Å². The second kappa shape index (κ2) is 11.1. The molecule has 0 N–H and O–H groups in total. The number of carbonyl (C=O) groups is 1. The van der Waals surface area contributed by atoms with E-state index in [1.54, 1.807) is 20.3 Å². The molecule has 2 aromatic carbocycles. The number of aliphatic imine (C=N–C) groups is 1. The molecular weight excluding hydrogens is 368 g/mol. The molecular formula is C23H30N2O4. The van der Waals surface area contributed by atoms with Crippen molar-refractivity contribution >= 4 is 11.9 Å². The average molecular weight is 399 g/mol. The molecule has 0 saturated carbocycles. The smallest absolute Gasteiger partial charge is 0.295 e. The topological polar surface area (TPSA) is 60.4 Å². The normalized spacial score (nSPS) is 11.1. The molecule has 2 aromatic rings. The van der Waals surface area contributed by atoms with Gasteiger partial charge in [-0.25, -0.2) is 0 Å². The number of amides is 1. The molecule has 6 heteroatoms. The highest BCUT2D eigenvalue weighted by molar-refractivity contribution is 6.01. The van der Waals surface area contributed by atoms with Crippen LogP contribution < -0.4 is 9.47 Å². The monoisotopic (exact) mass is 398 g/mol. The van der Waals surface area contributed by atoms with Crippen LogP contribution in [0.2, 0.25) is 0 Å². The van der Waals surface area contributed by atoms with E-state index in [2.05, 4.69) is 4.99 Å². The second-order valence-corrected chi connectivity index (χ2v) is 6.78. The number of hydrogen-bond donors (Lipinski definition) is 0. The average Bonchev–Trinajstić information content (AvgIpc) is 2.74. The van der Waals surface area contributed by atoms with Crippen molar-refractivity contribution in [2.24, 2.45) is 4.99 Å². The SMILES string of the molecule is CCCOC(=NC(=O)c1cccc(C)c1)N(C)CCc1ccc(OC)c(OC)c1. The van der Waals surface area contributed by atoms with E-state index < -0.39 is 0 Å². The summed E-state index contributed by atoms with van der Waals surface area (Å²) in [6.07, 6.45) is 1.57. The Labute approximate surface area is 173 Å². The highest BCUT2D eigenvalue weighted by atomic mass is 16.5. The molecule has 0 spiro atoms. The number of hydrogen-bond acceptors (Lipinski definition) is 4. The Morgan fingerprint density at radius 3 is 2.48 bits per heavy atom. The summed E-state index contributed by atoms with van der Waals surface area (Å²) in [4.78, 5) is 18.7. The van der Waals surface area contributed by atoms with Crippen molar-refractivity contribution in [2.45, 2.75) is 26.7 Å². The fraction of sp³-hybridized carbons (Fsp3) is 0.391. The zero-order chi connectivity index (χ0) is 21.2. The number of amidine groups is 1. The third kappa shape index (κ3) is 6.52. The summed E-state index contributed by atoms with van der Waals surface area (Å²) >= 11 is 0. The summed E-state index contributed by atoms with van der Waals surface area (Å²) in [6.45, 7) is 5.10. The minimum absolute atomic E-state index is 0.308. The maximum Gasteiger partial charge on any atom is 0.295 e. The molecule has 0 aliphatic carbocycles. The van der Waals surface area contributed by atoms with E-state index in [9.17, 15) is 4.79 Å². The number of nitrogens with zero attached hydrogens (tertiary/aromatic N) is 2. The summed E-state index contributed by atoms with van der Waals surface area (Å²) in [5.74, 6) is 1.08. The molecule has 0 heterocycles. The van der Waals surface area contributed by atoms with Crippen molar-refractivity contribution in [3.05, 3.63) is 59.2 Å². The zero-order valence-corrected chi connectivity index (χ0v) is 17.9. The standard InChI is InChI=1S/C23H30N2O4/c1-6-14-29-23(24-22(26)19-9-7-8-17(2)15-19)25(3)13-12-18-10-11-20(27-4)21(16-18)28-5/h7-11,15-16H,6,12-14H2,1-5H3. The third-order valence-electron chi connectivity index (χ3n) is 4.41. The molecule has 0 radical (unpaired) electrons. The van der Waals surface area contributed by atoms with E-state index in [0.717, 1.165) is 24.0 Å². The molecule has 6 nitrogen and oxygen atoms in total. The minimum atomic E-state index is -0.308. The maximum atomic E-state index is 12.6. The summed E-state index contributed by atoms with van der Waals surface area (Å²) in [5, 5.41) is 0. The van der Waals surface area contributed by atoms with Gasteiger partial charge in [-0.1, -0.05) is 30.7 Å². The van der Waals surface area contributed by atoms with E-state index in [1.807, 2.05) is 62.2 Å². The van der Waals surface area contributed by atoms with Crippen molar-refractivity contribution in [3.8, 4) is 11.5 Å². The molecule has 0 atom stereocenters. The number of carbonyl (C=O) groups excluding carboxylic acids is 1. The molecule has 0 fully saturated rings. The van der Waals surface area contributed by atoms with Gasteiger partial charge < -0.3 is 19.1 Å². The van der Waals surface area contributed by atoms with Gasteiger partial charge in [0.2, 0.25) is 0 Å². The first-order valence-electron chi connectivity index (χ1n) is 9.73. The molecule has 0 aliphatic heterocycles. The number of aryl methyl sites for hydroxylation is 1. The Morgan fingerprint density at radius 1 is 1.07 bits per heavy atom. The summed E-state index contributed by atoms with van der Waals surface area (Å²) < 4.78 is 16.4. The lowest BCUT2D eigenvalue weighted by Crippen LogP contribution is -2.32. The summed E-state index contributed by atoms with van der Waals surface area (Å²) in [6, 6.07) is 13.6. The van der Waals surface area contributed by atoms with Gasteiger partial charge in [-0.05, 0) is 49.6 Å². The van der Waals surface area contributed by atoms with Crippen molar-refractivity contribution < 1.29 is 19.0 Å². The van der Waals surface area contributed by atoms with Crippen LogP contribution in [0.3, 0.4) is 0 Å². The molecule has 2 rings (SSSR count). The Hall–Kier alpha value is -3.02. The van der Waals surface area contributed by atoms with Gasteiger partial charge >= 0.3 is 0 Å². The first-order valence-corrected chi connectivity index (χ1v) is 9.73. The number of rotatable bonds is 8. The van der Waals surface area contributed by atoms with Gasteiger partial charge in [0, 0.05) is 19.2 Å². The van der Waals surface area contributed by atoms with Gasteiger partial charge in [0.15, 0.2) is 11.5 Å². The van der Waals surface area contributed by atoms with E-state index in [1.165, 1.54) is 0 Å². The van der Waals surface area contributed by atoms with Crippen LogP contribution >= 0.6 is 0 Å². The van der Waals surface area contributed by atoms with Crippen LogP contribution in [-0.2, 0) is 11.2 Å². The van der Waals surface area contributed by atoms with Crippen LogP contribution in [-0.4, -0.2) is 51.2 Å². The van der Waals surface area contributed by atoms with Crippen molar-refractivity contribution in [1.29, 1.82) is 0 Å². The number of methoxy groups -OCH3 is 2. The highest BCUT2D eigenvalue weighted by Gasteiger charge is 2.13. The first kappa shape index (κ1) is 22.3. The van der Waals surface area contributed by atoms with Crippen LogP contribution in [0.25, 0.3) is 0 Å². The number of likely N-dealkylation sites (N-methyl/N-ethyl adjacent to an activating group) is 1. The van der Waals surface area contributed by atoms with Crippen molar-refractivity contribution in [2.75, 3.05) is 34.4 Å². The fourth-order valence-electron chi connectivity index (χ4n) is 2.78. The van der Waals surface area contributed by atoms with Gasteiger partial charge in [0.1, 0.15) is 0 Å². The van der Waals surface area contributed by atoms with Gasteiger partial charge in [0.05, 0.1) is 20.8 Å². The molecule has 0 aliphatic rings. The molecule has 0 bridgehead atoms.